The molecule has 1 aliphatic heterocycles. The second-order valence-corrected chi connectivity index (χ2v) is 7.61. The van der Waals surface area contributed by atoms with Gasteiger partial charge in [0.2, 0.25) is 5.91 Å². The number of carbonyl (C=O) groups excluding carboxylic acids is 1. The van der Waals surface area contributed by atoms with Crippen molar-refractivity contribution in [3.05, 3.63) is 58.6 Å². The highest BCUT2D eigenvalue weighted by Crippen LogP contribution is 2.49. The van der Waals surface area contributed by atoms with E-state index in [0.29, 0.717) is 0 Å². The van der Waals surface area contributed by atoms with Gasteiger partial charge in [0.1, 0.15) is 0 Å². The molecule has 2 aromatic carbocycles. The van der Waals surface area contributed by atoms with E-state index in [1.54, 1.807) is 0 Å². The second kappa shape index (κ2) is 6.81. The van der Waals surface area contributed by atoms with Crippen molar-refractivity contribution in [2.75, 3.05) is 36.5 Å². The Bertz CT molecular complexity index is 748. The van der Waals surface area contributed by atoms with E-state index in [4.69, 9.17) is 4.74 Å². The molecule has 5 heteroatoms. The summed E-state index contributed by atoms with van der Waals surface area (Å²) >= 11 is 3.45. The summed E-state index contributed by atoms with van der Waals surface area (Å²) in [5.41, 5.74) is 2.77. The van der Waals surface area contributed by atoms with Crippen LogP contribution in [0.25, 0.3) is 0 Å². The lowest BCUT2D eigenvalue weighted by atomic mass is 9.95. The maximum absolute atomic E-state index is 12.8. The van der Waals surface area contributed by atoms with Crippen LogP contribution in [-0.2, 0) is 14.9 Å². The Balaban J connectivity index is 1.44. The van der Waals surface area contributed by atoms with Gasteiger partial charge in [-0.2, -0.15) is 0 Å². The minimum Gasteiger partial charge on any atom is -0.378 e. The van der Waals surface area contributed by atoms with Crippen LogP contribution in [0.5, 0.6) is 0 Å². The summed E-state index contributed by atoms with van der Waals surface area (Å²) in [5.74, 6) is 0.0916. The third kappa shape index (κ3) is 3.44. The molecule has 1 aliphatic carbocycles. The highest BCUT2D eigenvalue weighted by molar-refractivity contribution is 9.10. The standard InChI is InChI=1S/C20H21BrN2O2/c21-16-3-1-15(2-4-16)20(9-10-20)19(24)22-17-5-7-18(8-6-17)23-11-13-25-14-12-23/h1-8H,9-14H2,(H,22,24). The fourth-order valence-corrected chi connectivity index (χ4v) is 3.63. The number of halogens is 1. The number of nitrogens with zero attached hydrogens (tertiary/aromatic N) is 1. The molecule has 2 aliphatic rings. The summed E-state index contributed by atoms with van der Waals surface area (Å²) in [4.78, 5) is 15.1. The van der Waals surface area contributed by atoms with Crippen molar-refractivity contribution in [2.24, 2.45) is 0 Å². The quantitative estimate of drug-likeness (QED) is 0.844. The van der Waals surface area contributed by atoms with Crippen molar-refractivity contribution in [3.8, 4) is 0 Å². The van der Waals surface area contributed by atoms with Gasteiger partial charge in [-0.3, -0.25) is 4.79 Å². The second-order valence-electron chi connectivity index (χ2n) is 6.69. The Morgan fingerprint density at radius 2 is 1.64 bits per heavy atom. The van der Waals surface area contributed by atoms with E-state index in [1.165, 1.54) is 5.69 Å². The molecule has 2 fully saturated rings. The number of morpholine rings is 1. The monoisotopic (exact) mass is 400 g/mol. The van der Waals surface area contributed by atoms with E-state index in [2.05, 4.69) is 38.3 Å². The first-order chi connectivity index (χ1) is 12.2. The Labute approximate surface area is 156 Å². The molecule has 130 valence electrons. The first-order valence-electron chi connectivity index (χ1n) is 8.68. The van der Waals surface area contributed by atoms with Crippen molar-refractivity contribution in [1.29, 1.82) is 0 Å². The highest BCUT2D eigenvalue weighted by atomic mass is 79.9. The van der Waals surface area contributed by atoms with Crippen molar-refractivity contribution >= 4 is 33.2 Å². The zero-order valence-electron chi connectivity index (χ0n) is 14.0. The van der Waals surface area contributed by atoms with Crippen LogP contribution in [0.15, 0.2) is 53.0 Å². The van der Waals surface area contributed by atoms with E-state index in [0.717, 1.165) is 54.9 Å². The number of nitrogens with one attached hydrogen (secondary N) is 1. The molecular formula is C20H21BrN2O2. The number of ether oxygens (including phenoxy) is 1. The Kier molecular flexibility index (Phi) is 4.52. The van der Waals surface area contributed by atoms with E-state index in [1.807, 2.05) is 36.4 Å². The summed E-state index contributed by atoms with van der Waals surface area (Å²) in [6.45, 7) is 3.37. The van der Waals surface area contributed by atoms with Crippen LogP contribution in [0.2, 0.25) is 0 Å². The van der Waals surface area contributed by atoms with E-state index >= 15 is 0 Å². The Morgan fingerprint density at radius 3 is 2.24 bits per heavy atom. The van der Waals surface area contributed by atoms with E-state index < -0.39 is 0 Å². The molecule has 1 N–H and O–H groups in total. The zero-order valence-corrected chi connectivity index (χ0v) is 15.6. The molecule has 1 saturated heterocycles. The lowest BCUT2D eigenvalue weighted by molar-refractivity contribution is -0.118. The van der Waals surface area contributed by atoms with Crippen LogP contribution in [0.1, 0.15) is 18.4 Å². The number of amides is 1. The summed E-state index contributed by atoms with van der Waals surface area (Å²) in [7, 11) is 0. The molecule has 1 amide bonds. The summed E-state index contributed by atoms with van der Waals surface area (Å²) in [6, 6.07) is 16.2. The summed E-state index contributed by atoms with van der Waals surface area (Å²) in [5, 5.41) is 3.09. The average molecular weight is 401 g/mol. The molecule has 0 radical (unpaired) electrons. The lowest BCUT2D eigenvalue weighted by Gasteiger charge is -2.29. The molecule has 25 heavy (non-hydrogen) atoms. The predicted molar refractivity (Wildman–Crippen MR) is 103 cm³/mol. The number of carbonyl (C=O) groups is 1. The van der Waals surface area contributed by atoms with Crippen molar-refractivity contribution in [1.82, 2.24) is 0 Å². The third-order valence-electron chi connectivity index (χ3n) is 5.08. The Hall–Kier alpha value is -1.85. The van der Waals surface area contributed by atoms with Crippen LogP contribution in [0, 0.1) is 0 Å². The highest BCUT2D eigenvalue weighted by Gasteiger charge is 2.51. The van der Waals surface area contributed by atoms with Gasteiger partial charge < -0.3 is 15.0 Å². The maximum Gasteiger partial charge on any atom is 0.235 e. The number of benzene rings is 2. The number of anilines is 2. The molecule has 4 nitrogen and oxygen atoms in total. The van der Waals surface area contributed by atoms with Gasteiger partial charge in [-0.1, -0.05) is 28.1 Å². The van der Waals surface area contributed by atoms with Crippen LogP contribution < -0.4 is 10.2 Å². The molecule has 0 atom stereocenters. The minimum absolute atomic E-state index is 0.0916. The summed E-state index contributed by atoms with van der Waals surface area (Å²) < 4.78 is 6.42. The molecule has 0 bridgehead atoms. The van der Waals surface area contributed by atoms with Crippen molar-refractivity contribution in [2.45, 2.75) is 18.3 Å². The van der Waals surface area contributed by atoms with E-state index in [-0.39, 0.29) is 11.3 Å². The molecule has 2 aromatic rings. The first-order valence-corrected chi connectivity index (χ1v) is 9.47. The molecule has 1 heterocycles. The average Bonchev–Trinajstić information content (AvgIpc) is 3.46. The number of rotatable bonds is 4. The van der Waals surface area contributed by atoms with Gasteiger partial charge in [0, 0.05) is 28.9 Å². The van der Waals surface area contributed by atoms with Crippen LogP contribution in [0.3, 0.4) is 0 Å². The van der Waals surface area contributed by atoms with Crippen LogP contribution >= 0.6 is 15.9 Å². The van der Waals surface area contributed by atoms with Crippen LogP contribution in [0.4, 0.5) is 11.4 Å². The molecule has 4 rings (SSSR count). The van der Waals surface area contributed by atoms with Gasteiger partial charge in [-0.25, -0.2) is 0 Å². The van der Waals surface area contributed by atoms with Crippen LogP contribution in [-0.4, -0.2) is 32.2 Å². The largest absolute Gasteiger partial charge is 0.378 e. The SMILES string of the molecule is O=C(Nc1ccc(N2CCOCC2)cc1)C1(c2ccc(Br)cc2)CC1. The fourth-order valence-electron chi connectivity index (χ4n) is 3.37. The topological polar surface area (TPSA) is 41.6 Å². The molecule has 0 unspecified atom stereocenters. The van der Waals surface area contributed by atoms with Crippen molar-refractivity contribution < 1.29 is 9.53 Å². The zero-order chi connectivity index (χ0) is 17.3. The molecule has 1 saturated carbocycles. The molecular weight excluding hydrogens is 380 g/mol. The van der Waals surface area contributed by atoms with Gasteiger partial charge in [-0.15, -0.1) is 0 Å². The Morgan fingerprint density at radius 1 is 1.00 bits per heavy atom. The molecule has 0 aromatic heterocycles. The normalized spacial score (nSPS) is 18.7. The number of hydrogen-bond donors (Lipinski definition) is 1. The minimum atomic E-state index is -0.358. The first kappa shape index (κ1) is 16.6. The predicted octanol–water partition coefficient (Wildman–Crippen LogP) is 3.96. The smallest absolute Gasteiger partial charge is 0.235 e. The van der Waals surface area contributed by atoms with Crippen molar-refractivity contribution in [3.63, 3.8) is 0 Å². The lowest BCUT2D eigenvalue weighted by Crippen LogP contribution is -2.36. The van der Waals surface area contributed by atoms with Gasteiger partial charge in [0.25, 0.3) is 0 Å². The third-order valence-corrected chi connectivity index (χ3v) is 5.61. The van der Waals surface area contributed by atoms with Gasteiger partial charge in [0.05, 0.1) is 18.6 Å². The van der Waals surface area contributed by atoms with Gasteiger partial charge in [0.15, 0.2) is 0 Å². The van der Waals surface area contributed by atoms with E-state index in [9.17, 15) is 4.79 Å². The van der Waals surface area contributed by atoms with Gasteiger partial charge in [-0.05, 0) is 54.8 Å². The fraction of sp³-hybridized carbons (Fsp3) is 0.350. The molecule has 0 spiro atoms. The van der Waals surface area contributed by atoms with Gasteiger partial charge >= 0.3 is 0 Å². The summed E-state index contributed by atoms with van der Waals surface area (Å²) in [6.07, 6.45) is 1.82. The number of hydrogen-bond acceptors (Lipinski definition) is 3. The maximum atomic E-state index is 12.8.